The van der Waals surface area contributed by atoms with Crippen LogP contribution in [0.1, 0.15) is 5.56 Å². The number of hydrogen-bond acceptors (Lipinski definition) is 3. The maximum absolute atomic E-state index is 8.29. The summed E-state index contributed by atoms with van der Waals surface area (Å²) in [7, 11) is 0.629. The van der Waals surface area contributed by atoms with Crippen LogP contribution in [-0.2, 0) is 0 Å². The van der Waals surface area contributed by atoms with Crippen LogP contribution in [0.2, 0.25) is 0 Å². The highest BCUT2D eigenvalue weighted by Gasteiger charge is 1.96. The van der Waals surface area contributed by atoms with E-state index < -0.39 is 0 Å². The van der Waals surface area contributed by atoms with Crippen molar-refractivity contribution in [2.45, 2.75) is 6.92 Å². The highest BCUT2D eigenvalue weighted by molar-refractivity contribution is 6.17. The minimum absolute atomic E-state index is 0.538. The van der Waals surface area contributed by atoms with Gasteiger partial charge in [-0.3, -0.25) is 0 Å². The Bertz CT molecular complexity index is 252. The Labute approximate surface area is 66.1 Å². The molecule has 0 unspecified atom stereocenters. The molecule has 1 aromatic rings. The first-order valence-electron chi connectivity index (χ1n) is 3.22. The van der Waals surface area contributed by atoms with Crippen molar-refractivity contribution < 1.29 is 9.68 Å². The molecule has 0 aliphatic heterocycles. The fraction of sp³-hybridized carbons (Fsp3) is 0.143. The highest BCUT2D eigenvalue weighted by Crippen LogP contribution is 2.18. The lowest BCUT2D eigenvalue weighted by Crippen LogP contribution is -2.00. The van der Waals surface area contributed by atoms with E-state index in [-0.39, 0.29) is 0 Å². The fourth-order valence-electron chi connectivity index (χ4n) is 0.753. The zero-order valence-corrected chi connectivity index (χ0v) is 6.24. The SMILES string of the molecule is Cc1ccc(O[B]O)cc1N. The molecule has 11 heavy (non-hydrogen) atoms. The second-order valence-electron chi connectivity index (χ2n) is 2.24. The average molecular weight is 150 g/mol. The molecule has 3 nitrogen and oxygen atoms in total. The Morgan fingerprint density at radius 2 is 2.27 bits per heavy atom. The molecule has 0 aliphatic rings. The van der Waals surface area contributed by atoms with Crippen LogP contribution in [0.4, 0.5) is 5.69 Å². The predicted octanol–water partition coefficient (Wildman–Crippen LogP) is 0.483. The Kier molecular flexibility index (Phi) is 2.38. The molecule has 57 valence electrons. The fourth-order valence-corrected chi connectivity index (χ4v) is 0.753. The molecule has 0 amide bonds. The van der Waals surface area contributed by atoms with Crippen LogP contribution in [0.5, 0.6) is 5.75 Å². The van der Waals surface area contributed by atoms with E-state index in [1.165, 1.54) is 0 Å². The van der Waals surface area contributed by atoms with Gasteiger partial charge in [-0.25, -0.2) is 0 Å². The van der Waals surface area contributed by atoms with Crippen molar-refractivity contribution in [3.63, 3.8) is 0 Å². The molecule has 0 saturated heterocycles. The van der Waals surface area contributed by atoms with E-state index in [0.29, 0.717) is 19.1 Å². The summed E-state index contributed by atoms with van der Waals surface area (Å²) >= 11 is 0. The Morgan fingerprint density at radius 1 is 1.55 bits per heavy atom. The topological polar surface area (TPSA) is 55.5 Å². The monoisotopic (exact) mass is 150 g/mol. The van der Waals surface area contributed by atoms with Gasteiger partial charge in [-0.05, 0) is 18.6 Å². The van der Waals surface area contributed by atoms with Gasteiger partial charge < -0.3 is 15.4 Å². The minimum atomic E-state index is 0.538. The first-order chi connectivity index (χ1) is 5.24. The van der Waals surface area contributed by atoms with Gasteiger partial charge in [0.05, 0.1) is 0 Å². The van der Waals surface area contributed by atoms with Crippen LogP contribution in [0.25, 0.3) is 0 Å². The van der Waals surface area contributed by atoms with Crippen molar-refractivity contribution in [3.05, 3.63) is 23.8 Å². The van der Waals surface area contributed by atoms with E-state index in [9.17, 15) is 0 Å². The molecule has 0 spiro atoms. The molecular formula is C7H9BNO2. The van der Waals surface area contributed by atoms with Crippen molar-refractivity contribution >= 4 is 13.4 Å². The highest BCUT2D eigenvalue weighted by atomic mass is 16.5. The number of hydrogen-bond donors (Lipinski definition) is 2. The summed E-state index contributed by atoms with van der Waals surface area (Å²) in [5, 5.41) is 8.29. The second-order valence-corrected chi connectivity index (χ2v) is 2.24. The predicted molar refractivity (Wildman–Crippen MR) is 44.2 cm³/mol. The van der Waals surface area contributed by atoms with Crippen molar-refractivity contribution in [2.75, 3.05) is 5.73 Å². The molecule has 0 heterocycles. The lowest BCUT2D eigenvalue weighted by atomic mass is 10.2. The van der Waals surface area contributed by atoms with E-state index in [1.807, 2.05) is 13.0 Å². The molecule has 0 atom stereocenters. The third-order valence-electron chi connectivity index (χ3n) is 1.44. The summed E-state index contributed by atoms with van der Waals surface area (Å²) in [6, 6.07) is 5.22. The lowest BCUT2D eigenvalue weighted by Gasteiger charge is -2.03. The molecule has 0 aliphatic carbocycles. The van der Waals surface area contributed by atoms with Crippen molar-refractivity contribution in [2.24, 2.45) is 0 Å². The molecule has 4 heteroatoms. The normalized spacial score (nSPS) is 9.27. The average Bonchev–Trinajstić information content (AvgIpc) is 1.98. The smallest absolute Gasteiger partial charge is 0.537 e. The molecule has 1 aromatic carbocycles. The molecular weight excluding hydrogens is 141 g/mol. The van der Waals surface area contributed by atoms with Crippen LogP contribution in [0.15, 0.2) is 18.2 Å². The summed E-state index contributed by atoms with van der Waals surface area (Å²) < 4.78 is 4.69. The number of anilines is 1. The zero-order chi connectivity index (χ0) is 8.27. The molecule has 0 bridgehead atoms. The van der Waals surface area contributed by atoms with E-state index >= 15 is 0 Å². The van der Waals surface area contributed by atoms with Crippen LogP contribution < -0.4 is 10.4 Å². The number of benzene rings is 1. The summed E-state index contributed by atoms with van der Waals surface area (Å²) in [6.45, 7) is 1.90. The Hall–Kier alpha value is -1.16. The molecule has 3 N–H and O–H groups in total. The molecule has 0 saturated carbocycles. The Balaban J connectivity index is 2.86. The summed E-state index contributed by atoms with van der Waals surface area (Å²) in [5.74, 6) is 0.538. The third kappa shape index (κ3) is 1.88. The van der Waals surface area contributed by atoms with Crippen molar-refractivity contribution in [1.29, 1.82) is 0 Å². The molecule has 1 rings (SSSR count). The first-order valence-corrected chi connectivity index (χ1v) is 3.22. The number of aryl methyl sites for hydroxylation is 1. The summed E-state index contributed by atoms with van der Waals surface area (Å²) in [5.41, 5.74) is 7.23. The van der Waals surface area contributed by atoms with Gasteiger partial charge in [0.1, 0.15) is 5.75 Å². The standard InChI is InChI=1S/C7H9BNO2/c1-5-2-3-6(11-8-10)4-7(5)9/h2-4,10H,9H2,1H3. The Morgan fingerprint density at radius 3 is 2.82 bits per heavy atom. The maximum Gasteiger partial charge on any atom is 0.569 e. The van der Waals surface area contributed by atoms with E-state index in [4.69, 9.17) is 15.4 Å². The second kappa shape index (κ2) is 3.30. The zero-order valence-electron chi connectivity index (χ0n) is 6.24. The van der Waals surface area contributed by atoms with Crippen LogP contribution >= 0.6 is 0 Å². The number of rotatable bonds is 2. The third-order valence-corrected chi connectivity index (χ3v) is 1.44. The molecule has 0 fully saturated rings. The van der Waals surface area contributed by atoms with Gasteiger partial charge >= 0.3 is 7.69 Å². The summed E-state index contributed by atoms with van der Waals surface area (Å²) in [4.78, 5) is 0. The first kappa shape index (κ1) is 7.95. The van der Waals surface area contributed by atoms with Crippen LogP contribution in [0.3, 0.4) is 0 Å². The van der Waals surface area contributed by atoms with Crippen LogP contribution in [0, 0.1) is 6.92 Å². The molecule has 0 aromatic heterocycles. The van der Waals surface area contributed by atoms with Gasteiger partial charge in [0, 0.05) is 11.8 Å². The lowest BCUT2D eigenvalue weighted by molar-refractivity contribution is 0.454. The van der Waals surface area contributed by atoms with Gasteiger partial charge in [-0.1, -0.05) is 6.07 Å². The van der Waals surface area contributed by atoms with E-state index in [1.54, 1.807) is 12.1 Å². The van der Waals surface area contributed by atoms with Crippen LogP contribution in [-0.4, -0.2) is 12.7 Å². The van der Waals surface area contributed by atoms with Gasteiger partial charge in [-0.2, -0.15) is 0 Å². The minimum Gasteiger partial charge on any atom is -0.537 e. The van der Waals surface area contributed by atoms with Gasteiger partial charge in [0.25, 0.3) is 0 Å². The summed E-state index contributed by atoms with van der Waals surface area (Å²) in [6.07, 6.45) is 0. The maximum atomic E-state index is 8.29. The van der Waals surface area contributed by atoms with E-state index in [0.717, 1.165) is 5.56 Å². The number of nitrogen functional groups attached to an aromatic ring is 1. The van der Waals surface area contributed by atoms with E-state index in [2.05, 4.69) is 0 Å². The molecule has 1 radical (unpaired) electrons. The van der Waals surface area contributed by atoms with Gasteiger partial charge in [0.2, 0.25) is 0 Å². The quantitative estimate of drug-likeness (QED) is 0.476. The van der Waals surface area contributed by atoms with Gasteiger partial charge in [-0.15, -0.1) is 0 Å². The number of nitrogens with two attached hydrogens (primary N) is 1. The van der Waals surface area contributed by atoms with Gasteiger partial charge in [0.15, 0.2) is 0 Å². The largest absolute Gasteiger partial charge is 0.569 e. The van der Waals surface area contributed by atoms with Crippen molar-refractivity contribution in [3.8, 4) is 5.75 Å². The van der Waals surface area contributed by atoms with Crippen molar-refractivity contribution in [1.82, 2.24) is 0 Å².